The summed E-state index contributed by atoms with van der Waals surface area (Å²) in [7, 11) is -3.30. The molecule has 0 saturated carbocycles. The van der Waals surface area contributed by atoms with Gasteiger partial charge in [-0.1, -0.05) is 60.7 Å². The molecule has 4 rings (SSSR count). The molecule has 0 unspecified atom stereocenters. The summed E-state index contributed by atoms with van der Waals surface area (Å²) in [6.07, 6.45) is 0. The van der Waals surface area contributed by atoms with E-state index in [2.05, 4.69) is 0 Å². The van der Waals surface area contributed by atoms with E-state index in [1.165, 1.54) is 4.90 Å². The molecule has 1 aliphatic heterocycles. The van der Waals surface area contributed by atoms with Crippen molar-refractivity contribution in [2.24, 2.45) is 0 Å². The summed E-state index contributed by atoms with van der Waals surface area (Å²) >= 11 is 0. The minimum Gasteiger partial charge on any atom is -0.507 e. The summed E-state index contributed by atoms with van der Waals surface area (Å²) in [6, 6.07) is 21.0. The van der Waals surface area contributed by atoms with Crippen molar-refractivity contribution >= 4 is 20.8 Å². The first-order valence-corrected chi connectivity index (χ1v) is 11.2. The first-order valence-electron chi connectivity index (χ1n) is 9.58. The fraction of sp³-hybridized carbons (Fsp3) is 0.273. The highest BCUT2D eigenvalue weighted by Gasteiger charge is 2.29. The van der Waals surface area contributed by atoms with Crippen molar-refractivity contribution in [2.45, 2.75) is 12.3 Å². The standard InChI is InChI=1S/C22H24N2O3S/c25-22-11-10-19-8-4-5-9-20(19)21(22)16-23-12-14-24(15-13-23)28(26,27)17-18-6-2-1-3-7-18/h1-11,25H,12-17H2/p+1. The summed E-state index contributed by atoms with van der Waals surface area (Å²) in [4.78, 5) is 1.29. The zero-order chi connectivity index (χ0) is 19.6. The molecule has 6 heteroatoms. The number of piperazine rings is 1. The molecule has 0 aromatic heterocycles. The molecule has 2 N–H and O–H groups in total. The van der Waals surface area contributed by atoms with Gasteiger partial charge in [-0.25, -0.2) is 8.42 Å². The average Bonchev–Trinajstić information content (AvgIpc) is 2.71. The van der Waals surface area contributed by atoms with Crippen LogP contribution in [0.5, 0.6) is 5.75 Å². The molecule has 146 valence electrons. The maximum absolute atomic E-state index is 12.7. The van der Waals surface area contributed by atoms with Crippen molar-refractivity contribution in [1.29, 1.82) is 0 Å². The largest absolute Gasteiger partial charge is 0.507 e. The van der Waals surface area contributed by atoms with Crippen molar-refractivity contribution in [2.75, 3.05) is 26.2 Å². The van der Waals surface area contributed by atoms with Crippen molar-refractivity contribution < 1.29 is 18.4 Å². The second kappa shape index (κ2) is 7.91. The fourth-order valence-corrected chi connectivity index (χ4v) is 5.43. The zero-order valence-electron chi connectivity index (χ0n) is 15.7. The van der Waals surface area contributed by atoms with Crippen LogP contribution in [0.25, 0.3) is 10.8 Å². The van der Waals surface area contributed by atoms with Crippen LogP contribution in [0.4, 0.5) is 0 Å². The molecule has 0 amide bonds. The third-order valence-electron chi connectivity index (χ3n) is 5.46. The number of phenolic OH excluding ortho intramolecular Hbond substituents is 1. The highest BCUT2D eigenvalue weighted by Crippen LogP contribution is 2.26. The number of nitrogens with zero attached hydrogens (tertiary/aromatic N) is 1. The summed E-state index contributed by atoms with van der Waals surface area (Å²) in [5.41, 5.74) is 1.76. The monoisotopic (exact) mass is 397 g/mol. The van der Waals surface area contributed by atoms with Crippen LogP contribution < -0.4 is 4.90 Å². The summed E-state index contributed by atoms with van der Waals surface area (Å²) < 4.78 is 27.1. The van der Waals surface area contributed by atoms with Gasteiger partial charge in [0.1, 0.15) is 12.3 Å². The van der Waals surface area contributed by atoms with Crippen molar-refractivity contribution in [1.82, 2.24) is 4.31 Å². The van der Waals surface area contributed by atoms with E-state index in [1.807, 2.05) is 60.7 Å². The number of aromatic hydroxyl groups is 1. The van der Waals surface area contributed by atoms with Gasteiger partial charge >= 0.3 is 0 Å². The fourth-order valence-electron chi connectivity index (χ4n) is 3.89. The third kappa shape index (κ3) is 4.04. The number of hydrogen-bond donors (Lipinski definition) is 2. The van der Waals surface area contributed by atoms with Crippen LogP contribution in [0.2, 0.25) is 0 Å². The van der Waals surface area contributed by atoms with Gasteiger partial charge < -0.3 is 10.0 Å². The van der Waals surface area contributed by atoms with Gasteiger partial charge in [-0.3, -0.25) is 0 Å². The van der Waals surface area contributed by atoms with Crippen LogP contribution in [-0.2, 0) is 22.3 Å². The SMILES string of the molecule is O=S(=O)(Cc1ccccc1)N1CC[NH+](Cc2c(O)ccc3ccccc23)CC1. The molecule has 0 aliphatic carbocycles. The Balaban J connectivity index is 1.43. The lowest BCUT2D eigenvalue weighted by atomic mass is 10.0. The number of phenols is 1. The molecule has 3 aromatic rings. The molecule has 0 radical (unpaired) electrons. The van der Waals surface area contributed by atoms with Gasteiger partial charge in [0.25, 0.3) is 0 Å². The highest BCUT2D eigenvalue weighted by atomic mass is 32.2. The van der Waals surface area contributed by atoms with E-state index in [4.69, 9.17) is 0 Å². The molecule has 5 nitrogen and oxygen atoms in total. The Bertz CT molecular complexity index is 1060. The second-order valence-corrected chi connectivity index (χ2v) is 9.32. The Morgan fingerprint density at radius 3 is 2.32 bits per heavy atom. The van der Waals surface area contributed by atoms with Crippen molar-refractivity contribution in [3.63, 3.8) is 0 Å². The van der Waals surface area contributed by atoms with E-state index in [0.29, 0.717) is 25.4 Å². The van der Waals surface area contributed by atoms with E-state index in [9.17, 15) is 13.5 Å². The third-order valence-corrected chi connectivity index (χ3v) is 7.31. The summed E-state index contributed by atoms with van der Waals surface area (Å²) in [5.74, 6) is 0.359. The molecule has 1 fully saturated rings. The van der Waals surface area contributed by atoms with Crippen LogP contribution in [0, 0.1) is 0 Å². The Morgan fingerprint density at radius 1 is 0.893 bits per heavy atom. The van der Waals surface area contributed by atoms with Crippen LogP contribution in [-0.4, -0.2) is 44.0 Å². The number of fused-ring (bicyclic) bond motifs is 1. The van der Waals surface area contributed by atoms with E-state index in [0.717, 1.165) is 35.0 Å². The highest BCUT2D eigenvalue weighted by molar-refractivity contribution is 7.88. The Labute approximate surface area is 165 Å². The molecular weight excluding hydrogens is 372 g/mol. The van der Waals surface area contributed by atoms with Crippen molar-refractivity contribution in [3.8, 4) is 5.75 Å². The average molecular weight is 398 g/mol. The van der Waals surface area contributed by atoms with E-state index < -0.39 is 10.0 Å². The Kier molecular flexibility index (Phi) is 5.35. The number of benzene rings is 3. The van der Waals surface area contributed by atoms with Gasteiger partial charge in [-0.2, -0.15) is 4.31 Å². The smallest absolute Gasteiger partial charge is 0.218 e. The molecular formula is C22H25N2O3S+. The van der Waals surface area contributed by atoms with Crippen LogP contribution in [0.3, 0.4) is 0 Å². The summed E-state index contributed by atoms with van der Waals surface area (Å²) in [5, 5.41) is 12.5. The molecule has 3 aromatic carbocycles. The number of hydrogen-bond acceptors (Lipinski definition) is 3. The lowest BCUT2D eigenvalue weighted by Crippen LogP contribution is -3.13. The first-order chi connectivity index (χ1) is 13.5. The van der Waals surface area contributed by atoms with Crippen molar-refractivity contribution in [3.05, 3.63) is 77.9 Å². The van der Waals surface area contributed by atoms with Gasteiger partial charge in [-0.15, -0.1) is 0 Å². The number of rotatable bonds is 5. The normalized spacial score (nSPS) is 16.4. The molecule has 0 bridgehead atoms. The first kappa shape index (κ1) is 18.9. The quantitative estimate of drug-likeness (QED) is 0.690. The Morgan fingerprint density at radius 2 is 1.57 bits per heavy atom. The molecule has 28 heavy (non-hydrogen) atoms. The maximum atomic E-state index is 12.7. The summed E-state index contributed by atoms with van der Waals surface area (Å²) in [6.45, 7) is 3.18. The van der Waals surface area contributed by atoms with E-state index >= 15 is 0 Å². The van der Waals surface area contributed by atoms with Gasteiger partial charge in [0.05, 0.1) is 37.5 Å². The number of sulfonamides is 1. The zero-order valence-corrected chi connectivity index (χ0v) is 16.5. The van der Waals surface area contributed by atoms with Crippen LogP contribution in [0.1, 0.15) is 11.1 Å². The minimum atomic E-state index is -3.30. The molecule has 0 spiro atoms. The molecule has 1 aliphatic rings. The van der Waals surface area contributed by atoms with Gasteiger partial charge in [-0.05, 0) is 22.4 Å². The second-order valence-electron chi connectivity index (χ2n) is 7.35. The van der Waals surface area contributed by atoms with Crippen LogP contribution in [0.15, 0.2) is 66.7 Å². The predicted octanol–water partition coefficient (Wildman–Crippen LogP) is 1.78. The molecule has 1 heterocycles. The van der Waals surface area contributed by atoms with E-state index in [1.54, 1.807) is 10.4 Å². The predicted molar refractivity (Wildman–Crippen MR) is 111 cm³/mol. The van der Waals surface area contributed by atoms with Gasteiger partial charge in [0.2, 0.25) is 10.0 Å². The number of quaternary nitrogens is 1. The molecule has 1 saturated heterocycles. The van der Waals surface area contributed by atoms with E-state index in [-0.39, 0.29) is 5.75 Å². The Hall–Kier alpha value is -2.41. The number of nitrogens with one attached hydrogen (secondary N) is 1. The van der Waals surface area contributed by atoms with Gasteiger partial charge in [0.15, 0.2) is 0 Å². The lowest BCUT2D eigenvalue weighted by Gasteiger charge is -2.32. The van der Waals surface area contributed by atoms with Gasteiger partial charge in [0, 0.05) is 0 Å². The molecule has 0 atom stereocenters. The lowest BCUT2D eigenvalue weighted by molar-refractivity contribution is -0.917. The maximum Gasteiger partial charge on any atom is 0.218 e. The topological polar surface area (TPSA) is 62.0 Å². The van der Waals surface area contributed by atoms with Crippen LogP contribution >= 0.6 is 0 Å². The minimum absolute atomic E-state index is 0.0489.